The van der Waals surface area contributed by atoms with Crippen LogP contribution in [0.3, 0.4) is 0 Å². The summed E-state index contributed by atoms with van der Waals surface area (Å²) in [5.74, 6) is -0.750. The summed E-state index contributed by atoms with van der Waals surface area (Å²) in [4.78, 5) is 32.0. The van der Waals surface area contributed by atoms with E-state index in [0.717, 1.165) is 0 Å². The van der Waals surface area contributed by atoms with E-state index in [9.17, 15) is 9.59 Å². The topological polar surface area (TPSA) is 58.9 Å². The number of carbonyl (C=O) groups is 2. The molecule has 20 heavy (non-hydrogen) atoms. The second-order valence-electron chi connectivity index (χ2n) is 4.28. The SMILES string of the molecule is O=C1N=c2ccccc2=N/C1=C/C(=O)c1ccccc1. The molecule has 0 atom stereocenters. The summed E-state index contributed by atoms with van der Waals surface area (Å²) in [5, 5.41) is 1.13. The summed E-state index contributed by atoms with van der Waals surface area (Å²) >= 11 is 0. The Morgan fingerprint density at radius 1 is 0.850 bits per heavy atom. The van der Waals surface area contributed by atoms with Gasteiger partial charge in [0.2, 0.25) is 0 Å². The van der Waals surface area contributed by atoms with E-state index in [1.807, 2.05) is 12.1 Å². The van der Waals surface area contributed by atoms with Gasteiger partial charge in [-0.05, 0) is 12.1 Å². The minimum absolute atomic E-state index is 0.0672. The van der Waals surface area contributed by atoms with Crippen LogP contribution in [0.5, 0.6) is 0 Å². The fourth-order valence-corrected chi connectivity index (χ4v) is 1.90. The predicted octanol–water partition coefficient (Wildman–Crippen LogP) is 1.23. The van der Waals surface area contributed by atoms with Crippen LogP contribution in [0.2, 0.25) is 0 Å². The van der Waals surface area contributed by atoms with Gasteiger partial charge < -0.3 is 0 Å². The molecule has 0 unspecified atom stereocenters. The lowest BCUT2D eigenvalue weighted by atomic mass is 10.1. The molecule has 0 radical (unpaired) electrons. The highest BCUT2D eigenvalue weighted by Crippen LogP contribution is 2.06. The normalized spacial score (nSPS) is 15.2. The van der Waals surface area contributed by atoms with Crippen LogP contribution in [-0.4, -0.2) is 11.7 Å². The monoisotopic (exact) mass is 262 g/mol. The molecule has 0 bridgehead atoms. The van der Waals surface area contributed by atoms with E-state index < -0.39 is 5.91 Å². The van der Waals surface area contributed by atoms with E-state index in [4.69, 9.17) is 0 Å². The van der Waals surface area contributed by atoms with Crippen LogP contribution in [0, 0.1) is 0 Å². The molecule has 96 valence electrons. The Bertz CT molecular complexity index is 836. The standard InChI is InChI=1S/C16H10N2O2/c19-15(11-6-2-1-3-7-11)10-14-16(20)18-13-9-5-4-8-12(13)17-14/h1-10H/b14-10+. The van der Waals surface area contributed by atoms with Crippen molar-refractivity contribution in [1.29, 1.82) is 0 Å². The quantitative estimate of drug-likeness (QED) is 0.603. The Kier molecular flexibility index (Phi) is 3.05. The van der Waals surface area contributed by atoms with E-state index in [2.05, 4.69) is 9.98 Å². The smallest absolute Gasteiger partial charge is 0.289 e. The molecule has 0 aromatic heterocycles. The van der Waals surface area contributed by atoms with Gasteiger partial charge in [0.1, 0.15) is 5.70 Å². The Morgan fingerprint density at radius 2 is 1.45 bits per heavy atom. The number of amides is 1. The zero-order valence-electron chi connectivity index (χ0n) is 10.5. The number of fused-ring (bicyclic) bond motifs is 1. The number of para-hydroxylation sites is 2. The third-order valence-corrected chi connectivity index (χ3v) is 2.89. The molecule has 1 aliphatic rings. The van der Waals surface area contributed by atoms with Crippen molar-refractivity contribution < 1.29 is 9.59 Å². The number of carbonyl (C=O) groups excluding carboxylic acids is 2. The molecule has 4 nitrogen and oxygen atoms in total. The number of hydrogen-bond donors (Lipinski definition) is 0. The predicted molar refractivity (Wildman–Crippen MR) is 72.6 cm³/mol. The average Bonchev–Trinajstić information content (AvgIpc) is 2.49. The molecule has 1 heterocycles. The first-order chi connectivity index (χ1) is 9.74. The van der Waals surface area contributed by atoms with Crippen molar-refractivity contribution >= 4 is 11.7 Å². The van der Waals surface area contributed by atoms with Crippen molar-refractivity contribution in [3.63, 3.8) is 0 Å². The van der Waals surface area contributed by atoms with Crippen LogP contribution in [0.15, 0.2) is 76.4 Å². The number of allylic oxidation sites excluding steroid dienone is 1. The Morgan fingerprint density at radius 3 is 2.15 bits per heavy atom. The lowest BCUT2D eigenvalue weighted by Crippen LogP contribution is -2.30. The van der Waals surface area contributed by atoms with Gasteiger partial charge in [-0.2, -0.15) is 0 Å². The van der Waals surface area contributed by atoms with Crippen LogP contribution >= 0.6 is 0 Å². The molecule has 0 saturated carbocycles. The second-order valence-corrected chi connectivity index (χ2v) is 4.28. The number of ketones is 1. The van der Waals surface area contributed by atoms with Crippen LogP contribution in [0.1, 0.15) is 10.4 Å². The van der Waals surface area contributed by atoms with Gasteiger partial charge in [-0.25, -0.2) is 9.98 Å². The lowest BCUT2D eigenvalue weighted by molar-refractivity contribution is -0.114. The Hall–Kier alpha value is -2.88. The molecule has 1 aliphatic heterocycles. The van der Waals surface area contributed by atoms with Crippen molar-refractivity contribution in [3.8, 4) is 0 Å². The zero-order valence-corrected chi connectivity index (χ0v) is 10.5. The molecule has 4 heteroatoms. The molecule has 2 aromatic carbocycles. The van der Waals surface area contributed by atoms with Crippen molar-refractivity contribution in [2.75, 3.05) is 0 Å². The summed E-state index contributed by atoms with van der Waals surface area (Å²) in [6.45, 7) is 0. The zero-order chi connectivity index (χ0) is 13.9. The highest BCUT2D eigenvalue weighted by atomic mass is 16.1. The molecular weight excluding hydrogens is 252 g/mol. The van der Waals surface area contributed by atoms with E-state index in [1.165, 1.54) is 6.08 Å². The van der Waals surface area contributed by atoms with Crippen LogP contribution in [-0.2, 0) is 4.79 Å². The number of benzene rings is 2. The van der Waals surface area contributed by atoms with Crippen molar-refractivity contribution in [3.05, 3.63) is 82.6 Å². The molecule has 0 spiro atoms. The van der Waals surface area contributed by atoms with Crippen LogP contribution in [0.25, 0.3) is 0 Å². The first kappa shape index (κ1) is 12.2. The Labute approximate surface area is 114 Å². The van der Waals surface area contributed by atoms with Gasteiger partial charge in [-0.3, -0.25) is 9.59 Å². The van der Waals surface area contributed by atoms with E-state index >= 15 is 0 Å². The maximum atomic E-state index is 12.0. The number of rotatable bonds is 2. The van der Waals surface area contributed by atoms with Gasteiger partial charge in [0.05, 0.1) is 10.7 Å². The highest BCUT2D eigenvalue weighted by Gasteiger charge is 2.14. The van der Waals surface area contributed by atoms with E-state index in [1.54, 1.807) is 42.5 Å². The Balaban J connectivity index is 2.04. The van der Waals surface area contributed by atoms with Crippen LogP contribution < -0.4 is 10.7 Å². The molecule has 2 aromatic rings. The minimum atomic E-state index is -0.493. The molecule has 0 N–H and O–H groups in total. The molecule has 0 fully saturated rings. The second kappa shape index (κ2) is 5.01. The lowest BCUT2D eigenvalue weighted by Gasteiger charge is -2.02. The number of nitrogens with zero attached hydrogens (tertiary/aromatic N) is 2. The summed E-state index contributed by atoms with van der Waals surface area (Å²) in [7, 11) is 0. The van der Waals surface area contributed by atoms with Gasteiger partial charge >= 0.3 is 0 Å². The summed E-state index contributed by atoms with van der Waals surface area (Å²) in [5.41, 5.74) is 0.583. The van der Waals surface area contributed by atoms with Crippen molar-refractivity contribution in [2.45, 2.75) is 0 Å². The fourth-order valence-electron chi connectivity index (χ4n) is 1.90. The van der Waals surface area contributed by atoms with Crippen molar-refractivity contribution in [1.82, 2.24) is 0 Å². The van der Waals surface area contributed by atoms with Crippen molar-refractivity contribution in [2.24, 2.45) is 9.98 Å². The molecule has 0 aliphatic carbocycles. The van der Waals surface area contributed by atoms with Gasteiger partial charge in [-0.1, -0.05) is 42.5 Å². The van der Waals surface area contributed by atoms with Gasteiger partial charge in [0, 0.05) is 11.6 Å². The summed E-state index contributed by atoms with van der Waals surface area (Å²) < 4.78 is 0. The summed E-state index contributed by atoms with van der Waals surface area (Å²) in [6.07, 6.45) is 1.23. The average molecular weight is 262 g/mol. The number of hydrogen-bond acceptors (Lipinski definition) is 3. The van der Waals surface area contributed by atoms with E-state index in [0.29, 0.717) is 16.3 Å². The molecule has 0 saturated heterocycles. The third-order valence-electron chi connectivity index (χ3n) is 2.89. The maximum absolute atomic E-state index is 12.0. The molecule has 3 rings (SSSR count). The van der Waals surface area contributed by atoms with Gasteiger partial charge in [0.25, 0.3) is 5.91 Å². The molecular formula is C16H10N2O2. The first-order valence-corrected chi connectivity index (χ1v) is 6.12. The third kappa shape index (κ3) is 2.31. The van der Waals surface area contributed by atoms with Crippen LogP contribution in [0.4, 0.5) is 0 Å². The minimum Gasteiger partial charge on any atom is -0.289 e. The summed E-state index contributed by atoms with van der Waals surface area (Å²) in [6, 6.07) is 15.8. The fraction of sp³-hybridized carbons (Fsp3) is 0. The molecule has 1 amide bonds. The van der Waals surface area contributed by atoms with Gasteiger partial charge in [-0.15, -0.1) is 0 Å². The van der Waals surface area contributed by atoms with E-state index in [-0.39, 0.29) is 11.5 Å². The highest BCUT2D eigenvalue weighted by molar-refractivity contribution is 6.09. The van der Waals surface area contributed by atoms with Gasteiger partial charge in [0.15, 0.2) is 5.78 Å². The largest absolute Gasteiger partial charge is 0.296 e. The first-order valence-electron chi connectivity index (χ1n) is 6.12. The maximum Gasteiger partial charge on any atom is 0.296 e.